The van der Waals surface area contributed by atoms with E-state index < -0.39 is 23.5 Å². The molecule has 1 atom stereocenters. The summed E-state index contributed by atoms with van der Waals surface area (Å²) in [4.78, 5) is 28.6. The lowest BCUT2D eigenvalue weighted by atomic mass is 9.94. The number of methoxy groups -OCH3 is 1. The fourth-order valence-electron chi connectivity index (χ4n) is 4.62. The molecule has 0 radical (unpaired) electrons. The molecule has 9 heteroatoms. The minimum atomic E-state index is -1.09. The molecular weight excluding hydrogens is 554 g/mol. The number of furan rings is 1. The van der Waals surface area contributed by atoms with Crippen LogP contribution in [0.3, 0.4) is 0 Å². The molecule has 1 aromatic heterocycles. The summed E-state index contributed by atoms with van der Waals surface area (Å²) >= 11 is 3.41. The average molecular weight is 578 g/mol. The smallest absolute Gasteiger partial charge is 0.294 e. The topological polar surface area (TPSA) is 109 Å². The molecule has 0 bridgehead atoms. The molecule has 5 rings (SSSR count). The van der Waals surface area contributed by atoms with Crippen LogP contribution in [0.25, 0.3) is 11.0 Å². The van der Waals surface area contributed by atoms with Gasteiger partial charge in [0.2, 0.25) is 5.78 Å². The van der Waals surface area contributed by atoms with Crippen LogP contribution < -0.4 is 14.4 Å². The van der Waals surface area contributed by atoms with Crippen LogP contribution in [0.2, 0.25) is 0 Å². The van der Waals surface area contributed by atoms with Crippen LogP contribution in [-0.4, -0.2) is 35.6 Å². The number of hydrogen-bond donors (Lipinski definition) is 2. The second-order valence-electron chi connectivity index (χ2n) is 8.80. The number of carbonyl (C=O) groups excluding carboxylic acids is 2. The third kappa shape index (κ3) is 4.28. The molecule has 38 heavy (non-hydrogen) atoms. The number of ether oxygens (including phenoxy) is 2. The van der Waals surface area contributed by atoms with Gasteiger partial charge in [-0.2, -0.15) is 0 Å². The van der Waals surface area contributed by atoms with Gasteiger partial charge in [-0.05, 0) is 73.5 Å². The number of aromatic hydroxyl groups is 1. The van der Waals surface area contributed by atoms with Crippen LogP contribution in [-0.2, 0) is 4.79 Å². The second-order valence-corrected chi connectivity index (χ2v) is 9.71. The Balaban J connectivity index is 1.70. The lowest BCUT2D eigenvalue weighted by Gasteiger charge is -2.28. The van der Waals surface area contributed by atoms with Gasteiger partial charge in [0.1, 0.15) is 11.3 Å². The summed E-state index contributed by atoms with van der Waals surface area (Å²) in [6.45, 7) is 3.99. The maximum atomic E-state index is 13.9. The third-order valence-electron chi connectivity index (χ3n) is 6.35. The molecule has 3 aromatic carbocycles. The Morgan fingerprint density at radius 2 is 1.84 bits per heavy atom. The molecule has 2 heterocycles. The Morgan fingerprint density at radius 1 is 1.05 bits per heavy atom. The fraction of sp³-hybridized carbons (Fsp3) is 0.172. The first kappa shape index (κ1) is 25.4. The highest BCUT2D eigenvalue weighted by Crippen LogP contribution is 2.46. The molecule has 0 spiro atoms. The molecule has 0 aliphatic carbocycles. The van der Waals surface area contributed by atoms with E-state index in [9.17, 15) is 19.8 Å². The van der Waals surface area contributed by atoms with E-state index >= 15 is 0 Å². The number of fused-ring (bicyclic) bond motifs is 1. The molecular formula is C29H24BrNO7. The molecule has 0 saturated heterocycles. The van der Waals surface area contributed by atoms with Crippen LogP contribution in [0, 0.1) is 6.92 Å². The number of benzene rings is 3. The standard InChI is InChI=1S/C29H24BrNO7/c1-4-37-23-13-16(6-9-22(23)36-3)26-25(27(33)24-14-17-12-18(30)7-10-21(17)38-24)28(34)29(35)31(26)19-11-15(2)5-8-20(19)32/h5-14,26,32,34H,4H2,1-3H3. The molecule has 1 unspecified atom stereocenters. The van der Waals surface area contributed by atoms with E-state index in [1.807, 2.05) is 13.8 Å². The number of ketones is 1. The first-order valence-electron chi connectivity index (χ1n) is 11.8. The molecule has 8 nitrogen and oxygen atoms in total. The first-order valence-corrected chi connectivity index (χ1v) is 12.6. The van der Waals surface area contributed by atoms with Gasteiger partial charge in [-0.3, -0.25) is 14.5 Å². The van der Waals surface area contributed by atoms with Crippen LogP contribution in [0.5, 0.6) is 17.2 Å². The maximum absolute atomic E-state index is 13.9. The van der Waals surface area contributed by atoms with Crippen molar-refractivity contribution in [2.24, 2.45) is 0 Å². The fourth-order valence-corrected chi connectivity index (χ4v) is 5.00. The number of rotatable bonds is 7. The van der Waals surface area contributed by atoms with E-state index in [0.717, 1.165) is 10.0 Å². The Labute approximate surface area is 226 Å². The summed E-state index contributed by atoms with van der Waals surface area (Å²) in [6.07, 6.45) is 0. The van der Waals surface area contributed by atoms with E-state index in [0.29, 0.717) is 34.6 Å². The van der Waals surface area contributed by atoms with Crippen LogP contribution in [0.1, 0.15) is 34.6 Å². The zero-order valence-electron chi connectivity index (χ0n) is 20.8. The van der Waals surface area contributed by atoms with Gasteiger partial charge in [0.15, 0.2) is 23.0 Å². The zero-order valence-corrected chi connectivity index (χ0v) is 22.4. The monoisotopic (exact) mass is 577 g/mol. The molecule has 1 amide bonds. The van der Waals surface area contributed by atoms with Crippen molar-refractivity contribution in [1.29, 1.82) is 0 Å². The van der Waals surface area contributed by atoms with Crippen molar-refractivity contribution in [3.05, 3.63) is 93.4 Å². The van der Waals surface area contributed by atoms with E-state index in [1.165, 1.54) is 18.1 Å². The SMILES string of the molecule is CCOc1cc(C2C(C(=O)c3cc4cc(Br)ccc4o3)=C(O)C(=O)N2c2cc(C)ccc2O)ccc1OC. The number of carbonyl (C=O) groups is 2. The molecule has 0 saturated carbocycles. The predicted molar refractivity (Wildman–Crippen MR) is 145 cm³/mol. The average Bonchev–Trinajstić information content (AvgIpc) is 3.43. The van der Waals surface area contributed by atoms with Crippen LogP contribution in [0.15, 0.2) is 80.9 Å². The number of halogens is 1. The van der Waals surface area contributed by atoms with Crippen molar-refractivity contribution in [2.75, 3.05) is 18.6 Å². The molecule has 2 N–H and O–H groups in total. The number of phenols is 1. The number of hydrogen-bond acceptors (Lipinski definition) is 7. The number of aryl methyl sites for hydroxylation is 1. The van der Waals surface area contributed by atoms with Crippen molar-refractivity contribution in [1.82, 2.24) is 0 Å². The van der Waals surface area contributed by atoms with E-state index in [4.69, 9.17) is 13.9 Å². The molecule has 194 valence electrons. The Morgan fingerprint density at radius 3 is 2.58 bits per heavy atom. The van der Waals surface area contributed by atoms with Gasteiger partial charge in [-0.1, -0.05) is 28.1 Å². The number of anilines is 1. The second kappa shape index (κ2) is 9.90. The van der Waals surface area contributed by atoms with Crippen molar-refractivity contribution in [3.63, 3.8) is 0 Å². The van der Waals surface area contributed by atoms with Gasteiger partial charge in [-0.25, -0.2) is 0 Å². The first-order chi connectivity index (χ1) is 18.2. The lowest BCUT2D eigenvalue weighted by molar-refractivity contribution is -0.117. The summed E-state index contributed by atoms with van der Waals surface area (Å²) in [6, 6.07) is 15.6. The number of aliphatic hydroxyl groups is 1. The lowest BCUT2D eigenvalue weighted by Crippen LogP contribution is -2.31. The van der Waals surface area contributed by atoms with E-state index in [-0.39, 0.29) is 22.8 Å². The number of Topliss-reactive ketones (excluding diaryl/α,β-unsaturated/α-hetero) is 1. The summed E-state index contributed by atoms with van der Waals surface area (Å²) < 4.78 is 17.7. The Kier molecular flexibility index (Phi) is 6.62. The van der Waals surface area contributed by atoms with Crippen molar-refractivity contribution >= 4 is 44.3 Å². The summed E-state index contributed by atoms with van der Waals surface area (Å²) in [5, 5.41) is 22.5. The van der Waals surface area contributed by atoms with E-state index in [1.54, 1.807) is 54.6 Å². The third-order valence-corrected chi connectivity index (χ3v) is 6.84. The van der Waals surface area contributed by atoms with Gasteiger partial charge in [-0.15, -0.1) is 0 Å². The van der Waals surface area contributed by atoms with Gasteiger partial charge in [0, 0.05) is 9.86 Å². The highest BCUT2D eigenvalue weighted by atomic mass is 79.9. The number of phenolic OH excluding ortho intramolecular Hbond substituents is 1. The maximum Gasteiger partial charge on any atom is 0.294 e. The number of aliphatic hydroxyl groups excluding tert-OH is 1. The largest absolute Gasteiger partial charge is 0.506 e. The van der Waals surface area contributed by atoms with Crippen molar-refractivity contribution in [2.45, 2.75) is 19.9 Å². The Hall–Kier alpha value is -4.24. The molecule has 1 aliphatic heterocycles. The zero-order chi connectivity index (χ0) is 27.1. The van der Waals surface area contributed by atoms with E-state index in [2.05, 4.69) is 15.9 Å². The molecule has 0 fully saturated rings. The van der Waals surface area contributed by atoms with Crippen LogP contribution >= 0.6 is 15.9 Å². The van der Waals surface area contributed by atoms with Gasteiger partial charge in [0.05, 0.1) is 31.0 Å². The number of amides is 1. The normalized spacial score (nSPS) is 15.4. The van der Waals surface area contributed by atoms with Gasteiger partial charge in [0.25, 0.3) is 5.91 Å². The van der Waals surface area contributed by atoms with Crippen molar-refractivity contribution < 1.29 is 33.7 Å². The van der Waals surface area contributed by atoms with Crippen molar-refractivity contribution in [3.8, 4) is 17.2 Å². The predicted octanol–water partition coefficient (Wildman–Crippen LogP) is 6.40. The minimum absolute atomic E-state index is 0.0358. The summed E-state index contributed by atoms with van der Waals surface area (Å²) in [5.41, 5.74) is 1.69. The Bertz CT molecular complexity index is 1620. The molecule has 4 aromatic rings. The number of nitrogens with zero attached hydrogens (tertiary/aromatic N) is 1. The minimum Gasteiger partial charge on any atom is -0.506 e. The highest BCUT2D eigenvalue weighted by Gasteiger charge is 2.46. The highest BCUT2D eigenvalue weighted by molar-refractivity contribution is 9.10. The molecule has 1 aliphatic rings. The van der Waals surface area contributed by atoms with Gasteiger partial charge >= 0.3 is 0 Å². The quantitative estimate of drug-likeness (QED) is 0.244. The summed E-state index contributed by atoms with van der Waals surface area (Å²) in [5.74, 6) is -1.55. The van der Waals surface area contributed by atoms with Gasteiger partial charge < -0.3 is 24.1 Å². The van der Waals surface area contributed by atoms with Crippen LogP contribution in [0.4, 0.5) is 5.69 Å². The summed E-state index contributed by atoms with van der Waals surface area (Å²) in [7, 11) is 1.51.